The second-order valence-corrected chi connectivity index (χ2v) is 4.34. The monoisotopic (exact) mass is 261 g/mol. The quantitative estimate of drug-likeness (QED) is 0.697. The van der Waals surface area contributed by atoms with Gasteiger partial charge < -0.3 is 4.98 Å². The van der Waals surface area contributed by atoms with Gasteiger partial charge in [-0.05, 0) is 41.3 Å². The lowest BCUT2D eigenvalue weighted by atomic mass is 10.1. The molecule has 0 fully saturated rings. The predicted molar refractivity (Wildman–Crippen MR) is 67.5 cm³/mol. The smallest absolute Gasteiger partial charge is 0.259 e. The number of H-pyrrole nitrogens is 2. The summed E-state index contributed by atoms with van der Waals surface area (Å²) in [5.41, 5.74) is 1.72. The van der Waals surface area contributed by atoms with Crippen molar-refractivity contribution in [1.82, 2.24) is 25.6 Å². The molecule has 18 heavy (non-hydrogen) atoms. The van der Waals surface area contributed by atoms with E-state index in [4.69, 9.17) is 11.6 Å². The summed E-state index contributed by atoms with van der Waals surface area (Å²) >= 11 is 6.02. The minimum absolute atomic E-state index is 0.269. The Morgan fingerprint density at radius 3 is 2.83 bits per heavy atom. The second-order valence-electron chi connectivity index (χ2n) is 3.94. The molecule has 2 N–H and O–H groups in total. The molecule has 0 radical (unpaired) electrons. The van der Waals surface area contributed by atoms with Crippen molar-refractivity contribution in [2.75, 3.05) is 0 Å². The normalized spacial score (nSPS) is 11.0. The third-order valence-corrected chi connectivity index (χ3v) is 3.12. The Kier molecular flexibility index (Phi) is 2.38. The van der Waals surface area contributed by atoms with E-state index >= 15 is 0 Å². The average molecular weight is 262 g/mol. The fraction of sp³-hybridized carbons (Fsp3) is 0.0909. The van der Waals surface area contributed by atoms with Gasteiger partial charge in [-0.1, -0.05) is 11.6 Å². The summed E-state index contributed by atoms with van der Waals surface area (Å²) in [5, 5.41) is 14.9. The molecule has 0 unspecified atom stereocenters. The van der Waals surface area contributed by atoms with Crippen LogP contribution in [0.15, 0.2) is 23.0 Å². The number of nitrogens with one attached hydrogen (secondary N) is 2. The van der Waals surface area contributed by atoms with Crippen LogP contribution in [-0.4, -0.2) is 25.6 Å². The van der Waals surface area contributed by atoms with Crippen LogP contribution in [0.5, 0.6) is 0 Å². The Balaban J connectivity index is 2.33. The molecule has 0 aliphatic rings. The molecule has 0 aliphatic carbocycles. The molecule has 1 aromatic carbocycles. The molecule has 0 spiro atoms. The summed E-state index contributed by atoms with van der Waals surface area (Å²) < 4.78 is 0. The highest BCUT2D eigenvalue weighted by Crippen LogP contribution is 2.23. The average Bonchev–Trinajstić information content (AvgIpc) is 2.84. The highest BCUT2D eigenvalue weighted by molar-refractivity contribution is 6.32. The lowest BCUT2D eigenvalue weighted by molar-refractivity contribution is 0.881. The molecular weight excluding hydrogens is 254 g/mol. The number of rotatable bonds is 1. The Labute approximate surface area is 106 Å². The Morgan fingerprint density at radius 1 is 1.28 bits per heavy atom. The van der Waals surface area contributed by atoms with Gasteiger partial charge in [0, 0.05) is 10.5 Å². The topological polar surface area (TPSA) is 87.3 Å². The molecule has 6 nitrogen and oxygen atoms in total. The van der Waals surface area contributed by atoms with Gasteiger partial charge in [0.1, 0.15) is 0 Å². The first-order valence-corrected chi connectivity index (χ1v) is 5.60. The first-order valence-electron chi connectivity index (χ1n) is 5.22. The molecule has 3 aromatic rings. The van der Waals surface area contributed by atoms with Gasteiger partial charge in [0.2, 0.25) is 5.82 Å². The number of benzene rings is 1. The summed E-state index contributed by atoms with van der Waals surface area (Å²) in [6.45, 7) is 1.90. The van der Waals surface area contributed by atoms with Gasteiger partial charge in [-0.15, -0.1) is 10.2 Å². The standard InChI is InChI=1S/C11H8ClN5O/c1-5-2-6-3-7(10-14-16-17-15-10)11(18)13-9(6)4-8(5)12/h2-4H,1H3,(H,13,18)(H,14,15,16,17). The van der Waals surface area contributed by atoms with Gasteiger partial charge in [-0.3, -0.25) is 4.79 Å². The van der Waals surface area contributed by atoms with Crippen LogP contribution in [0.3, 0.4) is 0 Å². The highest BCUT2D eigenvalue weighted by Gasteiger charge is 2.10. The predicted octanol–water partition coefficient (Wildman–Crippen LogP) is 1.67. The molecule has 90 valence electrons. The van der Waals surface area contributed by atoms with Crippen molar-refractivity contribution in [1.29, 1.82) is 0 Å². The zero-order valence-electron chi connectivity index (χ0n) is 9.36. The molecule has 0 amide bonds. The molecular formula is C11H8ClN5O. The van der Waals surface area contributed by atoms with Crippen molar-refractivity contribution in [2.24, 2.45) is 0 Å². The van der Waals surface area contributed by atoms with Crippen molar-refractivity contribution in [2.45, 2.75) is 6.92 Å². The number of hydrogen-bond donors (Lipinski definition) is 2. The fourth-order valence-electron chi connectivity index (χ4n) is 1.78. The van der Waals surface area contributed by atoms with E-state index in [1.165, 1.54) is 0 Å². The van der Waals surface area contributed by atoms with Crippen molar-refractivity contribution in [3.63, 3.8) is 0 Å². The minimum Gasteiger partial charge on any atom is -0.321 e. The van der Waals surface area contributed by atoms with Crippen LogP contribution in [0.25, 0.3) is 22.3 Å². The van der Waals surface area contributed by atoms with Gasteiger partial charge in [-0.25, -0.2) is 0 Å². The molecule has 2 aromatic heterocycles. The van der Waals surface area contributed by atoms with Crippen molar-refractivity contribution in [3.8, 4) is 11.4 Å². The number of fused-ring (bicyclic) bond motifs is 1. The van der Waals surface area contributed by atoms with E-state index in [-0.39, 0.29) is 11.4 Å². The maximum absolute atomic E-state index is 11.9. The van der Waals surface area contributed by atoms with E-state index in [1.807, 2.05) is 13.0 Å². The Morgan fingerprint density at radius 2 is 2.11 bits per heavy atom. The fourth-order valence-corrected chi connectivity index (χ4v) is 1.95. The van der Waals surface area contributed by atoms with Gasteiger partial charge in [0.25, 0.3) is 5.56 Å². The third-order valence-electron chi connectivity index (χ3n) is 2.71. The van der Waals surface area contributed by atoms with E-state index in [1.54, 1.807) is 12.1 Å². The molecule has 0 saturated heterocycles. The first-order chi connectivity index (χ1) is 8.65. The van der Waals surface area contributed by atoms with Gasteiger partial charge in [-0.2, -0.15) is 5.21 Å². The zero-order valence-corrected chi connectivity index (χ0v) is 10.1. The molecule has 0 atom stereocenters. The summed E-state index contributed by atoms with van der Waals surface area (Å²) in [6.07, 6.45) is 0. The lowest BCUT2D eigenvalue weighted by Gasteiger charge is -2.03. The summed E-state index contributed by atoms with van der Waals surface area (Å²) in [4.78, 5) is 14.7. The summed E-state index contributed by atoms with van der Waals surface area (Å²) in [7, 11) is 0. The van der Waals surface area contributed by atoms with E-state index < -0.39 is 0 Å². The van der Waals surface area contributed by atoms with Gasteiger partial charge >= 0.3 is 0 Å². The number of nitrogens with zero attached hydrogens (tertiary/aromatic N) is 3. The van der Waals surface area contributed by atoms with Crippen LogP contribution in [0, 0.1) is 6.92 Å². The van der Waals surface area contributed by atoms with Crippen LogP contribution >= 0.6 is 11.6 Å². The zero-order chi connectivity index (χ0) is 12.7. The number of aryl methyl sites for hydroxylation is 1. The minimum atomic E-state index is -0.274. The van der Waals surface area contributed by atoms with Crippen LogP contribution in [-0.2, 0) is 0 Å². The van der Waals surface area contributed by atoms with E-state index in [9.17, 15) is 4.79 Å². The molecule has 7 heteroatoms. The second kappa shape index (κ2) is 3.92. The summed E-state index contributed by atoms with van der Waals surface area (Å²) in [6, 6.07) is 5.35. The van der Waals surface area contributed by atoms with Crippen LogP contribution < -0.4 is 5.56 Å². The molecule has 2 heterocycles. The van der Waals surface area contributed by atoms with Crippen LogP contribution in [0.4, 0.5) is 0 Å². The highest BCUT2D eigenvalue weighted by atomic mass is 35.5. The number of tetrazole rings is 1. The lowest BCUT2D eigenvalue weighted by Crippen LogP contribution is -2.09. The first kappa shape index (κ1) is 10.9. The van der Waals surface area contributed by atoms with Crippen molar-refractivity contribution in [3.05, 3.63) is 39.1 Å². The van der Waals surface area contributed by atoms with Crippen LogP contribution in [0.1, 0.15) is 5.56 Å². The van der Waals surface area contributed by atoms with Gasteiger partial charge in [0.15, 0.2) is 0 Å². The van der Waals surface area contributed by atoms with E-state index in [0.29, 0.717) is 16.1 Å². The van der Waals surface area contributed by atoms with Gasteiger partial charge in [0.05, 0.1) is 5.56 Å². The number of aromatic amines is 2. The third kappa shape index (κ3) is 1.67. The van der Waals surface area contributed by atoms with Crippen molar-refractivity contribution < 1.29 is 0 Å². The van der Waals surface area contributed by atoms with Crippen LogP contribution in [0.2, 0.25) is 5.02 Å². The largest absolute Gasteiger partial charge is 0.321 e. The van der Waals surface area contributed by atoms with E-state index in [0.717, 1.165) is 10.9 Å². The molecule has 0 bridgehead atoms. The number of aromatic nitrogens is 5. The number of hydrogen-bond acceptors (Lipinski definition) is 4. The Hall–Kier alpha value is -2.21. The Bertz CT molecular complexity index is 778. The maximum Gasteiger partial charge on any atom is 0.259 e. The SMILES string of the molecule is Cc1cc2cc(-c3nn[nH]n3)c(=O)[nH]c2cc1Cl. The molecule has 0 aliphatic heterocycles. The number of halogens is 1. The maximum atomic E-state index is 11.9. The van der Waals surface area contributed by atoms with Crippen molar-refractivity contribution >= 4 is 22.5 Å². The molecule has 3 rings (SSSR count). The number of pyridine rings is 1. The molecule has 0 saturated carbocycles. The van der Waals surface area contributed by atoms with E-state index in [2.05, 4.69) is 25.6 Å². The summed E-state index contributed by atoms with van der Waals surface area (Å²) in [5.74, 6) is 0.269.